The van der Waals surface area contributed by atoms with Crippen molar-refractivity contribution in [2.24, 2.45) is 5.92 Å². The zero-order valence-electron chi connectivity index (χ0n) is 20.3. The van der Waals surface area contributed by atoms with Crippen LogP contribution in [-0.4, -0.2) is 54.5 Å². The first-order valence-electron chi connectivity index (χ1n) is 11.8. The standard InChI is InChI=1S/C27H32N2O6/c1-26(14-23(30)31,17-12-13-17)28-24(32)27(2,16-34-3)29-25(33)35-15-22-20-10-6-4-8-18(20)19-9-5-7-11-21(19)22/h4-11,17,22H,12-16H2,1-3H3,(H,28,32)(H,29,33)(H,30,31). The highest BCUT2D eigenvalue weighted by Gasteiger charge is 2.47. The van der Waals surface area contributed by atoms with Crippen LogP contribution >= 0.6 is 0 Å². The van der Waals surface area contributed by atoms with Crippen LogP contribution in [0.2, 0.25) is 0 Å². The molecule has 0 saturated heterocycles. The summed E-state index contributed by atoms with van der Waals surface area (Å²) < 4.78 is 10.8. The average molecular weight is 481 g/mol. The summed E-state index contributed by atoms with van der Waals surface area (Å²) in [5.74, 6) is -1.52. The lowest BCUT2D eigenvalue weighted by Gasteiger charge is -2.35. The maximum absolute atomic E-state index is 13.3. The number of aliphatic carboxylic acids is 1. The second-order valence-electron chi connectivity index (χ2n) is 9.93. The van der Waals surface area contributed by atoms with E-state index < -0.39 is 29.0 Å². The Bertz CT molecular complexity index is 1080. The molecule has 2 amide bonds. The molecular weight excluding hydrogens is 448 g/mol. The van der Waals surface area contributed by atoms with E-state index in [0.717, 1.165) is 35.1 Å². The summed E-state index contributed by atoms with van der Waals surface area (Å²) >= 11 is 0. The Morgan fingerprint density at radius 1 is 0.971 bits per heavy atom. The van der Waals surface area contributed by atoms with E-state index in [1.54, 1.807) is 13.8 Å². The Morgan fingerprint density at radius 2 is 1.54 bits per heavy atom. The van der Waals surface area contributed by atoms with Crippen LogP contribution in [-0.2, 0) is 19.1 Å². The number of carboxylic acid groups (broad SMARTS) is 1. The van der Waals surface area contributed by atoms with Crippen LogP contribution in [0, 0.1) is 5.92 Å². The van der Waals surface area contributed by atoms with Gasteiger partial charge in [0.15, 0.2) is 0 Å². The van der Waals surface area contributed by atoms with E-state index in [2.05, 4.69) is 22.8 Å². The normalized spacial score (nSPS) is 17.9. The fraction of sp³-hybridized carbons (Fsp3) is 0.444. The Balaban J connectivity index is 1.44. The van der Waals surface area contributed by atoms with E-state index >= 15 is 0 Å². The zero-order valence-corrected chi connectivity index (χ0v) is 20.3. The third-order valence-corrected chi connectivity index (χ3v) is 7.05. The van der Waals surface area contributed by atoms with Crippen LogP contribution in [0.25, 0.3) is 11.1 Å². The van der Waals surface area contributed by atoms with Crippen LogP contribution in [0.4, 0.5) is 4.79 Å². The molecule has 3 N–H and O–H groups in total. The molecule has 0 bridgehead atoms. The molecule has 0 heterocycles. The molecule has 2 aromatic rings. The topological polar surface area (TPSA) is 114 Å². The van der Waals surface area contributed by atoms with E-state index in [1.807, 2.05) is 36.4 Å². The molecule has 8 nitrogen and oxygen atoms in total. The molecule has 0 aromatic heterocycles. The van der Waals surface area contributed by atoms with Gasteiger partial charge in [0.05, 0.1) is 18.6 Å². The average Bonchev–Trinajstić information content (AvgIpc) is 3.61. The SMILES string of the molecule is COCC(C)(NC(=O)OCC1c2ccccc2-c2ccccc21)C(=O)NC(C)(CC(=O)O)C1CC1. The minimum absolute atomic E-state index is 0.0869. The van der Waals surface area contributed by atoms with Crippen LogP contribution in [0.15, 0.2) is 48.5 Å². The molecule has 4 rings (SSSR count). The highest BCUT2D eigenvalue weighted by Crippen LogP contribution is 2.44. The van der Waals surface area contributed by atoms with Crippen molar-refractivity contribution < 1.29 is 29.0 Å². The number of carboxylic acids is 1. The number of rotatable bonds is 10. The van der Waals surface area contributed by atoms with Gasteiger partial charge in [-0.15, -0.1) is 0 Å². The van der Waals surface area contributed by atoms with Gasteiger partial charge in [0.2, 0.25) is 5.91 Å². The summed E-state index contributed by atoms with van der Waals surface area (Å²) in [6.45, 7) is 3.29. The first-order valence-corrected chi connectivity index (χ1v) is 11.8. The number of amides is 2. The van der Waals surface area contributed by atoms with Gasteiger partial charge in [-0.3, -0.25) is 9.59 Å². The highest BCUT2D eigenvalue weighted by atomic mass is 16.5. The van der Waals surface area contributed by atoms with Crippen molar-refractivity contribution in [2.75, 3.05) is 20.3 Å². The van der Waals surface area contributed by atoms with E-state index in [9.17, 15) is 19.5 Å². The van der Waals surface area contributed by atoms with Gasteiger partial charge in [-0.25, -0.2) is 4.79 Å². The first kappa shape index (κ1) is 24.7. The number of alkyl carbamates (subject to hydrolysis) is 1. The molecule has 1 fully saturated rings. The minimum atomic E-state index is -1.44. The van der Waals surface area contributed by atoms with E-state index in [0.29, 0.717) is 0 Å². The smallest absolute Gasteiger partial charge is 0.408 e. The second kappa shape index (κ2) is 9.70. The van der Waals surface area contributed by atoms with Crippen molar-refractivity contribution in [3.63, 3.8) is 0 Å². The molecule has 35 heavy (non-hydrogen) atoms. The maximum atomic E-state index is 13.3. The van der Waals surface area contributed by atoms with Crippen LogP contribution < -0.4 is 10.6 Å². The molecule has 2 aromatic carbocycles. The number of benzene rings is 2. The van der Waals surface area contributed by atoms with Crippen molar-refractivity contribution in [2.45, 2.75) is 50.1 Å². The van der Waals surface area contributed by atoms with Gasteiger partial charge in [0.25, 0.3) is 0 Å². The fourth-order valence-electron chi connectivity index (χ4n) is 5.03. The van der Waals surface area contributed by atoms with Gasteiger partial charge in [0.1, 0.15) is 12.1 Å². The molecule has 186 valence electrons. The van der Waals surface area contributed by atoms with Gasteiger partial charge in [-0.05, 0) is 54.9 Å². The number of carbonyl (C=O) groups excluding carboxylic acids is 2. The molecule has 1 saturated carbocycles. The van der Waals surface area contributed by atoms with E-state index in [4.69, 9.17) is 9.47 Å². The molecule has 2 aliphatic rings. The minimum Gasteiger partial charge on any atom is -0.481 e. The van der Waals surface area contributed by atoms with Crippen LogP contribution in [0.1, 0.15) is 50.2 Å². The lowest BCUT2D eigenvalue weighted by molar-refractivity contribution is -0.140. The van der Waals surface area contributed by atoms with Crippen molar-refractivity contribution in [3.8, 4) is 11.1 Å². The third-order valence-electron chi connectivity index (χ3n) is 7.05. The van der Waals surface area contributed by atoms with Crippen LogP contribution in [0.5, 0.6) is 0 Å². The molecule has 2 unspecified atom stereocenters. The maximum Gasteiger partial charge on any atom is 0.408 e. The number of fused-ring (bicyclic) bond motifs is 3. The Kier molecular flexibility index (Phi) is 6.85. The number of nitrogens with one attached hydrogen (secondary N) is 2. The first-order chi connectivity index (χ1) is 16.7. The summed E-state index contributed by atoms with van der Waals surface area (Å²) in [7, 11) is 1.43. The molecule has 0 spiro atoms. The molecule has 2 atom stereocenters. The van der Waals surface area contributed by atoms with E-state index in [1.165, 1.54) is 7.11 Å². The quantitative estimate of drug-likeness (QED) is 0.478. The number of hydrogen-bond donors (Lipinski definition) is 3. The summed E-state index contributed by atoms with van der Waals surface area (Å²) in [6.07, 6.45) is 0.764. The van der Waals surface area contributed by atoms with Gasteiger partial charge in [-0.1, -0.05) is 48.5 Å². The molecular formula is C27H32N2O6. The largest absolute Gasteiger partial charge is 0.481 e. The molecule has 2 aliphatic carbocycles. The number of ether oxygens (including phenoxy) is 2. The monoisotopic (exact) mass is 480 g/mol. The third kappa shape index (κ3) is 5.17. The summed E-state index contributed by atoms with van der Waals surface area (Å²) in [5, 5.41) is 14.9. The number of hydrogen-bond acceptors (Lipinski definition) is 5. The van der Waals surface area contributed by atoms with Gasteiger partial charge < -0.3 is 25.2 Å². The van der Waals surface area contributed by atoms with Crippen molar-refractivity contribution in [1.29, 1.82) is 0 Å². The van der Waals surface area contributed by atoms with Crippen molar-refractivity contribution in [1.82, 2.24) is 10.6 Å². The Hall–Kier alpha value is -3.39. The van der Waals surface area contributed by atoms with Gasteiger partial charge in [0, 0.05) is 13.0 Å². The van der Waals surface area contributed by atoms with Crippen molar-refractivity contribution >= 4 is 18.0 Å². The zero-order chi connectivity index (χ0) is 25.2. The molecule has 0 radical (unpaired) electrons. The molecule has 8 heteroatoms. The Morgan fingerprint density at radius 3 is 2.06 bits per heavy atom. The summed E-state index contributed by atoms with van der Waals surface area (Å²) in [5.41, 5.74) is 2.09. The predicted octanol–water partition coefficient (Wildman–Crippen LogP) is 3.69. The van der Waals surface area contributed by atoms with Gasteiger partial charge in [-0.2, -0.15) is 0 Å². The number of methoxy groups -OCH3 is 1. The Labute approximate surface area is 205 Å². The predicted molar refractivity (Wildman–Crippen MR) is 130 cm³/mol. The fourth-order valence-corrected chi connectivity index (χ4v) is 5.03. The lowest BCUT2D eigenvalue weighted by Crippen LogP contribution is -2.64. The van der Waals surface area contributed by atoms with Crippen LogP contribution in [0.3, 0.4) is 0 Å². The summed E-state index contributed by atoms with van der Waals surface area (Å²) in [6, 6.07) is 16.1. The molecule has 0 aliphatic heterocycles. The van der Waals surface area contributed by atoms with Gasteiger partial charge >= 0.3 is 12.1 Å². The number of carbonyl (C=O) groups is 3. The van der Waals surface area contributed by atoms with E-state index in [-0.39, 0.29) is 31.5 Å². The summed E-state index contributed by atoms with van der Waals surface area (Å²) in [4.78, 5) is 37.5. The lowest BCUT2D eigenvalue weighted by atomic mass is 9.89. The highest BCUT2D eigenvalue weighted by molar-refractivity contribution is 5.90. The van der Waals surface area contributed by atoms with Crippen molar-refractivity contribution in [3.05, 3.63) is 59.7 Å². The second-order valence-corrected chi connectivity index (χ2v) is 9.93.